The van der Waals surface area contributed by atoms with E-state index in [0.717, 1.165) is 12.0 Å². The van der Waals surface area contributed by atoms with Crippen molar-refractivity contribution in [2.75, 3.05) is 0 Å². The van der Waals surface area contributed by atoms with E-state index in [-0.39, 0.29) is 0 Å². The van der Waals surface area contributed by atoms with Crippen molar-refractivity contribution < 1.29 is 4.39 Å². The van der Waals surface area contributed by atoms with Crippen molar-refractivity contribution in [3.63, 3.8) is 0 Å². The number of hydrogen-bond acceptors (Lipinski definition) is 1. The van der Waals surface area contributed by atoms with Crippen LogP contribution in [0.4, 0.5) is 4.39 Å². The van der Waals surface area contributed by atoms with Gasteiger partial charge in [0.1, 0.15) is 6.67 Å². The van der Waals surface area contributed by atoms with Crippen LogP contribution in [0.3, 0.4) is 0 Å². The molecular formula is C10H10FN. The molecule has 62 valence electrons. The maximum absolute atomic E-state index is 12.3. The molecule has 0 fully saturated rings. The van der Waals surface area contributed by atoms with Crippen LogP contribution in [0, 0.1) is 11.3 Å². The fourth-order valence-electron chi connectivity index (χ4n) is 1.06. The average molecular weight is 163 g/mol. The summed E-state index contributed by atoms with van der Waals surface area (Å²) in [6.45, 7) is 1.44. The van der Waals surface area contributed by atoms with Gasteiger partial charge in [-0.15, -0.1) is 0 Å². The molecule has 1 rings (SSSR count). The highest BCUT2D eigenvalue weighted by atomic mass is 19.1. The molecule has 0 radical (unpaired) electrons. The van der Waals surface area contributed by atoms with Gasteiger partial charge in [-0.25, -0.2) is 4.39 Å². The number of nitriles is 1. The molecule has 2 heteroatoms. The third kappa shape index (κ3) is 1.62. The molecule has 0 aliphatic carbocycles. The molecule has 1 aromatic carbocycles. The summed E-state index contributed by atoms with van der Waals surface area (Å²) in [5.74, 6) is 0. The van der Waals surface area contributed by atoms with Crippen molar-refractivity contribution in [2.24, 2.45) is 0 Å². The Bertz CT molecular complexity index is 312. The first-order valence-corrected chi connectivity index (χ1v) is 3.89. The Balaban J connectivity index is 3.13. The van der Waals surface area contributed by atoms with Crippen LogP contribution in [0.2, 0.25) is 0 Å². The molecule has 0 spiro atoms. The molecule has 0 aromatic heterocycles. The lowest BCUT2D eigenvalue weighted by Crippen LogP contribution is -1.89. The molecule has 1 nitrogen and oxygen atoms in total. The van der Waals surface area contributed by atoms with Gasteiger partial charge in [-0.1, -0.05) is 19.1 Å². The summed E-state index contributed by atoms with van der Waals surface area (Å²) in [6, 6.07) is 7.26. The van der Waals surface area contributed by atoms with Gasteiger partial charge < -0.3 is 0 Å². The summed E-state index contributed by atoms with van der Waals surface area (Å²) >= 11 is 0. The van der Waals surface area contributed by atoms with E-state index in [1.807, 2.05) is 19.1 Å². The fraction of sp³-hybridized carbons (Fsp3) is 0.300. The summed E-state index contributed by atoms with van der Waals surface area (Å²) < 4.78 is 12.3. The van der Waals surface area contributed by atoms with Crippen LogP contribution in [-0.4, -0.2) is 0 Å². The number of aryl methyl sites for hydroxylation is 1. The molecular weight excluding hydrogens is 153 g/mol. The quantitative estimate of drug-likeness (QED) is 0.657. The number of benzene rings is 1. The summed E-state index contributed by atoms with van der Waals surface area (Å²) in [7, 11) is 0. The van der Waals surface area contributed by atoms with E-state index in [2.05, 4.69) is 0 Å². The largest absolute Gasteiger partial charge is 0.246 e. The first-order valence-electron chi connectivity index (χ1n) is 3.89. The second kappa shape index (κ2) is 3.87. The van der Waals surface area contributed by atoms with E-state index >= 15 is 0 Å². The van der Waals surface area contributed by atoms with Crippen LogP contribution in [-0.2, 0) is 13.1 Å². The van der Waals surface area contributed by atoms with Gasteiger partial charge in [-0.2, -0.15) is 5.26 Å². The monoisotopic (exact) mass is 163 g/mol. The summed E-state index contributed by atoms with van der Waals surface area (Å²) in [5.41, 5.74) is 2.01. The van der Waals surface area contributed by atoms with Crippen molar-refractivity contribution in [3.8, 4) is 6.07 Å². The van der Waals surface area contributed by atoms with Crippen molar-refractivity contribution in [2.45, 2.75) is 20.0 Å². The maximum Gasteiger partial charge on any atom is 0.116 e. The predicted octanol–water partition coefficient (Wildman–Crippen LogP) is 2.59. The minimum atomic E-state index is -0.563. The Morgan fingerprint density at radius 3 is 2.75 bits per heavy atom. The third-order valence-corrected chi connectivity index (χ3v) is 1.85. The Morgan fingerprint density at radius 2 is 2.25 bits per heavy atom. The van der Waals surface area contributed by atoms with Crippen molar-refractivity contribution in [3.05, 3.63) is 34.9 Å². The molecule has 0 amide bonds. The molecule has 0 aliphatic rings. The number of nitrogens with zero attached hydrogens (tertiary/aromatic N) is 1. The molecule has 0 saturated carbocycles. The minimum absolute atomic E-state index is 0.455. The van der Waals surface area contributed by atoms with E-state index in [0.29, 0.717) is 11.1 Å². The lowest BCUT2D eigenvalue weighted by atomic mass is 10.0. The summed E-state index contributed by atoms with van der Waals surface area (Å²) in [5, 5.41) is 8.65. The highest BCUT2D eigenvalue weighted by molar-refractivity contribution is 5.40. The Morgan fingerprint density at radius 1 is 1.50 bits per heavy atom. The van der Waals surface area contributed by atoms with E-state index in [1.54, 1.807) is 12.1 Å². The van der Waals surface area contributed by atoms with Gasteiger partial charge in [0.25, 0.3) is 0 Å². The fourth-order valence-corrected chi connectivity index (χ4v) is 1.06. The molecule has 1 aromatic rings. The number of alkyl halides is 1. The average Bonchev–Trinajstić information content (AvgIpc) is 2.16. The number of hydrogen-bond donors (Lipinski definition) is 0. The van der Waals surface area contributed by atoms with Crippen LogP contribution in [0.25, 0.3) is 0 Å². The topological polar surface area (TPSA) is 23.8 Å². The normalized spacial score (nSPS) is 9.42. The first kappa shape index (κ1) is 8.73. The van der Waals surface area contributed by atoms with Gasteiger partial charge in [-0.05, 0) is 18.1 Å². The molecule has 0 atom stereocenters. The van der Waals surface area contributed by atoms with Gasteiger partial charge in [-0.3, -0.25) is 0 Å². The number of halogens is 1. The van der Waals surface area contributed by atoms with E-state index < -0.39 is 6.67 Å². The van der Waals surface area contributed by atoms with Crippen LogP contribution in [0.5, 0.6) is 0 Å². The zero-order valence-corrected chi connectivity index (χ0v) is 6.97. The van der Waals surface area contributed by atoms with Crippen LogP contribution in [0.1, 0.15) is 23.6 Å². The first-order chi connectivity index (χ1) is 5.81. The lowest BCUT2D eigenvalue weighted by molar-refractivity contribution is 0.484. The highest BCUT2D eigenvalue weighted by Crippen LogP contribution is 2.12. The smallest absolute Gasteiger partial charge is 0.116 e. The van der Waals surface area contributed by atoms with Crippen LogP contribution in [0.15, 0.2) is 18.2 Å². The van der Waals surface area contributed by atoms with Crippen molar-refractivity contribution >= 4 is 0 Å². The van der Waals surface area contributed by atoms with Gasteiger partial charge in [0.15, 0.2) is 0 Å². The predicted molar refractivity (Wildman–Crippen MR) is 45.3 cm³/mol. The standard InChI is InChI=1S/C10H10FN/c1-2-8-3-4-9(6-11)10(5-8)7-12/h3-5H,2,6H2,1H3. The van der Waals surface area contributed by atoms with Gasteiger partial charge in [0.2, 0.25) is 0 Å². The summed E-state index contributed by atoms with van der Waals surface area (Å²) in [4.78, 5) is 0. The van der Waals surface area contributed by atoms with Crippen molar-refractivity contribution in [1.82, 2.24) is 0 Å². The maximum atomic E-state index is 12.3. The second-order valence-electron chi connectivity index (χ2n) is 2.59. The molecule has 12 heavy (non-hydrogen) atoms. The van der Waals surface area contributed by atoms with Gasteiger partial charge >= 0.3 is 0 Å². The summed E-state index contributed by atoms with van der Waals surface area (Å²) in [6.07, 6.45) is 0.876. The molecule has 0 unspecified atom stereocenters. The van der Waals surface area contributed by atoms with E-state index in [9.17, 15) is 4.39 Å². The third-order valence-electron chi connectivity index (χ3n) is 1.85. The lowest BCUT2D eigenvalue weighted by Gasteiger charge is -2.00. The zero-order valence-electron chi connectivity index (χ0n) is 6.97. The van der Waals surface area contributed by atoms with Gasteiger partial charge in [0, 0.05) is 5.56 Å². The molecule has 0 heterocycles. The number of rotatable bonds is 2. The Kier molecular flexibility index (Phi) is 2.82. The molecule has 0 N–H and O–H groups in total. The highest BCUT2D eigenvalue weighted by Gasteiger charge is 2.01. The van der Waals surface area contributed by atoms with E-state index in [4.69, 9.17) is 5.26 Å². The van der Waals surface area contributed by atoms with Crippen LogP contribution < -0.4 is 0 Å². The van der Waals surface area contributed by atoms with Gasteiger partial charge in [0.05, 0.1) is 11.6 Å². The molecule has 0 saturated heterocycles. The second-order valence-corrected chi connectivity index (χ2v) is 2.59. The minimum Gasteiger partial charge on any atom is -0.246 e. The SMILES string of the molecule is CCc1ccc(CF)c(C#N)c1. The van der Waals surface area contributed by atoms with Crippen LogP contribution >= 0.6 is 0 Å². The Labute approximate surface area is 71.4 Å². The van der Waals surface area contributed by atoms with E-state index in [1.165, 1.54) is 0 Å². The zero-order chi connectivity index (χ0) is 8.97. The van der Waals surface area contributed by atoms with Crippen molar-refractivity contribution in [1.29, 1.82) is 5.26 Å². The Hall–Kier alpha value is -1.36. The molecule has 0 aliphatic heterocycles. The molecule has 0 bridgehead atoms.